The molecule has 2 rings (SSSR count). The van der Waals surface area contributed by atoms with Crippen LogP contribution in [0, 0.1) is 12.8 Å². The normalized spacial score (nSPS) is 26.0. The van der Waals surface area contributed by atoms with E-state index in [1.165, 1.54) is 24.0 Å². The minimum atomic E-state index is 0.719. The van der Waals surface area contributed by atoms with Crippen LogP contribution in [0.15, 0.2) is 24.3 Å². The summed E-state index contributed by atoms with van der Waals surface area (Å²) in [6.45, 7) is 8.00. The molecule has 2 atom stereocenters. The molecule has 0 saturated carbocycles. The molecule has 1 aromatic carbocycles. The summed E-state index contributed by atoms with van der Waals surface area (Å²) in [5.74, 6) is 1.48. The van der Waals surface area contributed by atoms with Crippen LogP contribution in [0.25, 0.3) is 0 Å². The van der Waals surface area contributed by atoms with E-state index in [9.17, 15) is 0 Å². The molecule has 2 unspecified atom stereocenters. The van der Waals surface area contributed by atoms with Crippen molar-refractivity contribution in [2.45, 2.75) is 45.6 Å². The Bertz CT molecular complexity index is 335. The molecule has 0 bridgehead atoms. The summed E-state index contributed by atoms with van der Waals surface area (Å²) in [6, 6.07) is 9.53. The summed E-state index contributed by atoms with van der Waals surface area (Å²) in [5.41, 5.74) is 2.98. The third-order valence-electron chi connectivity index (χ3n) is 3.89. The molecule has 0 radical (unpaired) electrons. The number of hydrogen-bond donors (Lipinski definition) is 1. The Morgan fingerprint density at radius 1 is 1.19 bits per heavy atom. The van der Waals surface area contributed by atoms with Gasteiger partial charge in [-0.1, -0.05) is 38.1 Å². The number of rotatable bonds is 2. The van der Waals surface area contributed by atoms with Crippen LogP contribution in [0.4, 0.5) is 0 Å². The first-order valence-corrected chi connectivity index (χ1v) is 6.47. The summed E-state index contributed by atoms with van der Waals surface area (Å²) in [7, 11) is 0. The Balaban J connectivity index is 2.02. The van der Waals surface area contributed by atoms with Crippen LogP contribution < -0.4 is 5.32 Å². The second-order valence-corrected chi connectivity index (χ2v) is 5.39. The maximum atomic E-state index is 3.69. The van der Waals surface area contributed by atoms with Crippen molar-refractivity contribution in [2.24, 2.45) is 5.92 Å². The van der Waals surface area contributed by atoms with E-state index in [0.29, 0.717) is 0 Å². The second-order valence-electron chi connectivity index (χ2n) is 5.39. The number of piperidine rings is 1. The Labute approximate surface area is 99.3 Å². The van der Waals surface area contributed by atoms with Crippen LogP contribution in [0.3, 0.4) is 0 Å². The lowest BCUT2D eigenvalue weighted by Gasteiger charge is -2.33. The first-order chi connectivity index (χ1) is 7.68. The summed E-state index contributed by atoms with van der Waals surface area (Å²) < 4.78 is 0. The summed E-state index contributed by atoms with van der Waals surface area (Å²) in [6.07, 6.45) is 2.65. The van der Waals surface area contributed by atoms with Crippen LogP contribution in [0.2, 0.25) is 0 Å². The Kier molecular flexibility index (Phi) is 3.65. The van der Waals surface area contributed by atoms with Crippen LogP contribution in [-0.2, 0) is 0 Å². The Morgan fingerprint density at radius 3 is 2.50 bits per heavy atom. The highest BCUT2D eigenvalue weighted by Gasteiger charge is 2.23. The molecular formula is C15H23N. The van der Waals surface area contributed by atoms with E-state index in [1.54, 1.807) is 0 Å². The lowest BCUT2D eigenvalue weighted by molar-refractivity contribution is 0.303. The van der Waals surface area contributed by atoms with E-state index in [2.05, 4.69) is 50.4 Å². The van der Waals surface area contributed by atoms with Gasteiger partial charge in [0, 0.05) is 12.6 Å². The number of benzene rings is 1. The monoisotopic (exact) mass is 217 g/mol. The van der Waals surface area contributed by atoms with Gasteiger partial charge in [-0.3, -0.25) is 0 Å². The molecule has 0 aliphatic carbocycles. The van der Waals surface area contributed by atoms with Gasteiger partial charge in [-0.2, -0.15) is 0 Å². The molecule has 1 heterocycles. The van der Waals surface area contributed by atoms with Crippen molar-refractivity contribution in [3.05, 3.63) is 35.4 Å². The van der Waals surface area contributed by atoms with Gasteiger partial charge in [0.05, 0.1) is 0 Å². The SMILES string of the molecule is Cc1ccccc1C1CCC(C(C)C)NC1. The highest BCUT2D eigenvalue weighted by Crippen LogP contribution is 2.29. The maximum absolute atomic E-state index is 3.69. The minimum absolute atomic E-state index is 0.719. The van der Waals surface area contributed by atoms with Gasteiger partial charge >= 0.3 is 0 Å². The maximum Gasteiger partial charge on any atom is 0.00905 e. The standard InChI is InChI=1S/C15H23N/c1-11(2)15-9-8-13(10-16-15)14-7-5-4-6-12(14)3/h4-7,11,13,15-16H,8-10H2,1-3H3. The zero-order valence-corrected chi connectivity index (χ0v) is 10.7. The first-order valence-electron chi connectivity index (χ1n) is 6.47. The van der Waals surface area contributed by atoms with Gasteiger partial charge < -0.3 is 5.32 Å². The smallest absolute Gasteiger partial charge is 0.00905 e. The van der Waals surface area contributed by atoms with Gasteiger partial charge in [-0.05, 0) is 42.7 Å². The summed E-state index contributed by atoms with van der Waals surface area (Å²) in [4.78, 5) is 0. The lowest BCUT2D eigenvalue weighted by Crippen LogP contribution is -2.41. The second kappa shape index (κ2) is 5.01. The van der Waals surface area contributed by atoms with E-state index >= 15 is 0 Å². The quantitative estimate of drug-likeness (QED) is 0.799. The largest absolute Gasteiger partial charge is 0.313 e. The minimum Gasteiger partial charge on any atom is -0.313 e. The van der Waals surface area contributed by atoms with Gasteiger partial charge in [0.1, 0.15) is 0 Å². The van der Waals surface area contributed by atoms with Crippen molar-refractivity contribution in [1.29, 1.82) is 0 Å². The number of hydrogen-bond acceptors (Lipinski definition) is 1. The first kappa shape index (κ1) is 11.7. The average molecular weight is 217 g/mol. The van der Waals surface area contributed by atoms with E-state index in [-0.39, 0.29) is 0 Å². The summed E-state index contributed by atoms with van der Waals surface area (Å²) >= 11 is 0. The van der Waals surface area contributed by atoms with E-state index < -0.39 is 0 Å². The molecule has 1 saturated heterocycles. The third-order valence-corrected chi connectivity index (χ3v) is 3.89. The number of aryl methyl sites for hydroxylation is 1. The highest BCUT2D eigenvalue weighted by atomic mass is 14.9. The van der Waals surface area contributed by atoms with Gasteiger partial charge in [0.25, 0.3) is 0 Å². The molecule has 1 nitrogen and oxygen atoms in total. The van der Waals surface area contributed by atoms with Crippen molar-refractivity contribution < 1.29 is 0 Å². The fraction of sp³-hybridized carbons (Fsp3) is 0.600. The molecule has 0 amide bonds. The molecule has 0 aromatic heterocycles. The molecule has 1 heteroatoms. The molecule has 1 aliphatic heterocycles. The fourth-order valence-electron chi connectivity index (χ4n) is 2.76. The Hall–Kier alpha value is -0.820. The number of nitrogens with one attached hydrogen (secondary N) is 1. The lowest BCUT2D eigenvalue weighted by atomic mass is 9.84. The fourth-order valence-corrected chi connectivity index (χ4v) is 2.76. The molecule has 16 heavy (non-hydrogen) atoms. The predicted octanol–water partition coefficient (Wildman–Crippen LogP) is 3.49. The van der Waals surface area contributed by atoms with E-state index in [1.807, 2.05) is 0 Å². The zero-order chi connectivity index (χ0) is 11.5. The molecule has 0 spiro atoms. The molecule has 1 aliphatic rings. The van der Waals surface area contributed by atoms with Crippen molar-refractivity contribution in [2.75, 3.05) is 6.54 Å². The topological polar surface area (TPSA) is 12.0 Å². The molecule has 88 valence electrons. The highest BCUT2D eigenvalue weighted by molar-refractivity contribution is 5.29. The molecule has 1 N–H and O–H groups in total. The van der Waals surface area contributed by atoms with Crippen LogP contribution >= 0.6 is 0 Å². The molecular weight excluding hydrogens is 194 g/mol. The Morgan fingerprint density at radius 2 is 1.94 bits per heavy atom. The summed E-state index contributed by atoms with van der Waals surface area (Å²) in [5, 5.41) is 3.69. The van der Waals surface area contributed by atoms with Gasteiger partial charge in [0.15, 0.2) is 0 Å². The van der Waals surface area contributed by atoms with Crippen molar-refractivity contribution in [1.82, 2.24) is 5.32 Å². The third kappa shape index (κ3) is 2.46. The van der Waals surface area contributed by atoms with Gasteiger partial charge in [-0.15, -0.1) is 0 Å². The van der Waals surface area contributed by atoms with E-state index in [4.69, 9.17) is 0 Å². The van der Waals surface area contributed by atoms with Crippen molar-refractivity contribution in [3.8, 4) is 0 Å². The predicted molar refractivity (Wildman–Crippen MR) is 69.8 cm³/mol. The average Bonchev–Trinajstić information content (AvgIpc) is 2.30. The van der Waals surface area contributed by atoms with Crippen molar-refractivity contribution in [3.63, 3.8) is 0 Å². The van der Waals surface area contributed by atoms with Crippen LogP contribution in [0.5, 0.6) is 0 Å². The van der Waals surface area contributed by atoms with Gasteiger partial charge in [-0.25, -0.2) is 0 Å². The molecule has 1 fully saturated rings. The van der Waals surface area contributed by atoms with Crippen LogP contribution in [0.1, 0.15) is 43.7 Å². The van der Waals surface area contributed by atoms with Crippen LogP contribution in [-0.4, -0.2) is 12.6 Å². The van der Waals surface area contributed by atoms with Gasteiger partial charge in [0.2, 0.25) is 0 Å². The zero-order valence-electron chi connectivity index (χ0n) is 10.7. The van der Waals surface area contributed by atoms with E-state index in [0.717, 1.165) is 24.4 Å². The molecule has 1 aromatic rings. The van der Waals surface area contributed by atoms with Crippen molar-refractivity contribution >= 4 is 0 Å².